The lowest BCUT2D eigenvalue weighted by Crippen LogP contribution is -2.11. The second kappa shape index (κ2) is 5.10. The minimum Gasteiger partial charge on any atom is -0.381 e. The van der Waals surface area contributed by atoms with Crippen LogP contribution in [0.5, 0.6) is 0 Å². The normalized spacial score (nSPS) is 13.1. The molecule has 8 heavy (non-hydrogen) atoms. The van der Waals surface area contributed by atoms with Crippen LogP contribution >= 0.6 is 0 Å². The summed E-state index contributed by atoms with van der Waals surface area (Å²) in [6.07, 6.45) is 0.403. The highest BCUT2D eigenvalue weighted by molar-refractivity contribution is 4.51. The van der Waals surface area contributed by atoms with Gasteiger partial charge in [0.15, 0.2) is 0 Å². The van der Waals surface area contributed by atoms with Crippen LogP contribution in [0, 0.1) is 5.92 Å². The Labute approximate surface area is 53.0 Å². The highest BCUT2D eigenvalue weighted by Crippen LogP contribution is 2.01. The third-order valence-corrected chi connectivity index (χ3v) is 1.31. The summed E-state index contributed by atoms with van der Waals surface area (Å²) in [6, 6.07) is 0. The first-order chi connectivity index (χ1) is 3.18. The van der Waals surface area contributed by atoms with Gasteiger partial charge in [-0.05, 0) is 12.8 Å². The maximum absolute atomic E-state index is 5.01. The summed E-state index contributed by atoms with van der Waals surface area (Å²) in [5.74, 6) is 0.644. The largest absolute Gasteiger partial charge is 0.381 e. The Hall–Kier alpha value is -0.0400. The summed E-state index contributed by atoms with van der Waals surface area (Å²) in [5.41, 5.74) is 0. The predicted molar refractivity (Wildman–Crippen MR) is 38.0 cm³/mol. The van der Waals surface area contributed by atoms with E-state index in [0.29, 0.717) is 12.0 Å². The molecule has 52 valence electrons. The molecule has 0 spiro atoms. The van der Waals surface area contributed by atoms with Crippen LogP contribution in [0.3, 0.4) is 0 Å². The third-order valence-electron chi connectivity index (χ3n) is 1.31. The third kappa shape index (κ3) is 4.13. The molecule has 0 aliphatic rings. The minimum absolute atomic E-state index is 0. The van der Waals surface area contributed by atoms with Crippen molar-refractivity contribution < 1.29 is 4.74 Å². The lowest BCUT2D eigenvalue weighted by Gasteiger charge is -2.11. The van der Waals surface area contributed by atoms with Crippen LogP contribution in [0.4, 0.5) is 0 Å². The van der Waals surface area contributed by atoms with Gasteiger partial charge < -0.3 is 4.74 Å². The second-order valence-corrected chi connectivity index (χ2v) is 2.18. The SMILES string of the molecule is C.COC(C)C(C)C. The fourth-order valence-electron chi connectivity index (χ4n) is 0.272. The van der Waals surface area contributed by atoms with Gasteiger partial charge in [-0.2, -0.15) is 0 Å². The predicted octanol–water partition coefficient (Wildman–Crippen LogP) is 2.31. The Kier molecular flexibility index (Phi) is 6.93. The molecule has 1 atom stereocenters. The molecule has 0 radical (unpaired) electrons. The molecule has 0 heterocycles. The summed E-state index contributed by atoms with van der Waals surface area (Å²) in [5, 5.41) is 0. The molecule has 0 aliphatic heterocycles. The topological polar surface area (TPSA) is 9.23 Å². The smallest absolute Gasteiger partial charge is 0.0566 e. The van der Waals surface area contributed by atoms with Crippen LogP contribution in [-0.4, -0.2) is 13.2 Å². The number of rotatable bonds is 2. The fourth-order valence-corrected chi connectivity index (χ4v) is 0.272. The zero-order valence-corrected chi connectivity index (χ0v) is 5.56. The van der Waals surface area contributed by atoms with Crippen LogP contribution in [0.1, 0.15) is 28.2 Å². The van der Waals surface area contributed by atoms with Crippen molar-refractivity contribution in [1.29, 1.82) is 0 Å². The molecule has 0 N–H and O–H groups in total. The monoisotopic (exact) mass is 118 g/mol. The number of hydrogen-bond acceptors (Lipinski definition) is 1. The van der Waals surface area contributed by atoms with Crippen LogP contribution < -0.4 is 0 Å². The van der Waals surface area contributed by atoms with E-state index in [1.54, 1.807) is 7.11 Å². The van der Waals surface area contributed by atoms with Crippen molar-refractivity contribution >= 4 is 0 Å². The quantitative estimate of drug-likeness (QED) is 0.540. The van der Waals surface area contributed by atoms with Crippen LogP contribution in [0.25, 0.3) is 0 Å². The molecule has 1 unspecified atom stereocenters. The first kappa shape index (κ1) is 10.9. The second-order valence-electron chi connectivity index (χ2n) is 2.18. The molecule has 0 fully saturated rings. The van der Waals surface area contributed by atoms with E-state index in [-0.39, 0.29) is 7.43 Å². The van der Waals surface area contributed by atoms with Crippen molar-refractivity contribution in [3.8, 4) is 0 Å². The number of ether oxygens (including phenoxy) is 1. The summed E-state index contributed by atoms with van der Waals surface area (Å²) in [4.78, 5) is 0. The average Bonchev–Trinajstić information content (AvgIpc) is 1.65. The zero-order chi connectivity index (χ0) is 5.86. The van der Waals surface area contributed by atoms with Crippen LogP contribution in [0.2, 0.25) is 0 Å². The van der Waals surface area contributed by atoms with Crippen molar-refractivity contribution in [2.24, 2.45) is 5.92 Å². The van der Waals surface area contributed by atoms with E-state index >= 15 is 0 Å². The molecule has 0 aromatic rings. The molecule has 0 aromatic carbocycles. The Morgan fingerprint density at radius 2 is 1.50 bits per heavy atom. The van der Waals surface area contributed by atoms with Gasteiger partial charge in [-0.25, -0.2) is 0 Å². The van der Waals surface area contributed by atoms with Crippen LogP contribution in [0.15, 0.2) is 0 Å². The van der Waals surface area contributed by atoms with Gasteiger partial charge in [0, 0.05) is 7.11 Å². The van der Waals surface area contributed by atoms with Gasteiger partial charge in [0.2, 0.25) is 0 Å². The maximum Gasteiger partial charge on any atom is 0.0566 e. The van der Waals surface area contributed by atoms with Crippen molar-refractivity contribution in [3.63, 3.8) is 0 Å². The van der Waals surface area contributed by atoms with Gasteiger partial charge in [-0.15, -0.1) is 0 Å². The highest BCUT2D eigenvalue weighted by atomic mass is 16.5. The maximum atomic E-state index is 5.01. The number of methoxy groups -OCH3 is 1. The molecule has 1 heteroatoms. The summed E-state index contributed by atoms with van der Waals surface area (Å²) in [7, 11) is 1.74. The van der Waals surface area contributed by atoms with E-state index in [9.17, 15) is 0 Å². The standard InChI is InChI=1S/C6H14O.CH4/c1-5(2)6(3)7-4;/h5-6H,1-4H3;1H4. The molecule has 0 amide bonds. The lowest BCUT2D eigenvalue weighted by molar-refractivity contribution is 0.0805. The molecule has 0 bridgehead atoms. The van der Waals surface area contributed by atoms with Crippen molar-refractivity contribution in [3.05, 3.63) is 0 Å². The van der Waals surface area contributed by atoms with E-state index in [4.69, 9.17) is 4.74 Å². The molecule has 0 saturated heterocycles. The van der Waals surface area contributed by atoms with Gasteiger partial charge in [0.05, 0.1) is 6.10 Å². The first-order valence-electron chi connectivity index (χ1n) is 2.71. The molecule has 0 saturated carbocycles. The van der Waals surface area contributed by atoms with E-state index in [1.807, 2.05) is 0 Å². The minimum atomic E-state index is 0. The van der Waals surface area contributed by atoms with E-state index in [0.717, 1.165) is 0 Å². The molecular formula is C7H18O. The fraction of sp³-hybridized carbons (Fsp3) is 1.00. The van der Waals surface area contributed by atoms with E-state index in [2.05, 4.69) is 20.8 Å². The summed E-state index contributed by atoms with van der Waals surface area (Å²) < 4.78 is 5.01. The highest BCUT2D eigenvalue weighted by Gasteiger charge is 2.01. The molecule has 0 aliphatic carbocycles. The average molecular weight is 118 g/mol. The molecule has 0 aromatic heterocycles. The van der Waals surface area contributed by atoms with Crippen molar-refractivity contribution in [1.82, 2.24) is 0 Å². The van der Waals surface area contributed by atoms with Gasteiger partial charge in [-0.3, -0.25) is 0 Å². The Bertz CT molecular complexity index is 41.7. The van der Waals surface area contributed by atoms with Crippen LogP contribution in [-0.2, 0) is 4.74 Å². The van der Waals surface area contributed by atoms with Gasteiger partial charge >= 0.3 is 0 Å². The van der Waals surface area contributed by atoms with Crippen molar-refractivity contribution in [2.75, 3.05) is 7.11 Å². The Morgan fingerprint density at radius 3 is 1.50 bits per heavy atom. The lowest BCUT2D eigenvalue weighted by atomic mass is 10.1. The Morgan fingerprint density at radius 1 is 1.12 bits per heavy atom. The molecule has 0 rings (SSSR count). The number of hydrogen-bond donors (Lipinski definition) is 0. The van der Waals surface area contributed by atoms with Gasteiger partial charge in [0.1, 0.15) is 0 Å². The first-order valence-corrected chi connectivity index (χ1v) is 2.71. The molecular weight excluding hydrogens is 100 g/mol. The summed E-state index contributed by atoms with van der Waals surface area (Å²) >= 11 is 0. The van der Waals surface area contributed by atoms with Crippen molar-refractivity contribution in [2.45, 2.75) is 34.3 Å². The van der Waals surface area contributed by atoms with Gasteiger partial charge in [0.25, 0.3) is 0 Å². The summed E-state index contributed by atoms with van der Waals surface area (Å²) in [6.45, 7) is 6.37. The zero-order valence-electron chi connectivity index (χ0n) is 5.56. The Balaban J connectivity index is 0. The van der Waals surface area contributed by atoms with Gasteiger partial charge in [-0.1, -0.05) is 21.3 Å². The van der Waals surface area contributed by atoms with E-state index < -0.39 is 0 Å². The van der Waals surface area contributed by atoms with E-state index in [1.165, 1.54) is 0 Å². The molecule has 1 nitrogen and oxygen atoms in total.